The van der Waals surface area contributed by atoms with E-state index in [9.17, 15) is 4.79 Å². The lowest BCUT2D eigenvalue weighted by atomic mass is 10.1. The van der Waals surface area contributed by atoms with Crippen LogP contribution in [0.25, 0.3) is 0 Å². The molecule has 2 rings (SSSR count). The van der Waals surface area contributed by atoms with Gasteiger partial charge in [-0.05, 0) is 19.4 Å². The van der Waals surface area contributed by atoms with Crippen molar-refractivity contribution in [3.63, 3.8) is 0 Å². The molecule has 0 aliphatic carbocycles. The molecule has 98 valence electrons. The van der Waals surface area contributed by atoms with Gasteiger partial charge in [0.25, 0.3) is 0 Å². The van der Waals surface area contributed by atoms with Crippen molar-refractivity contribution in [2.24, 2.45) is 0 Å². The topological polar surface area (TPSA) is 67.2 Å². The summed E-state index contributed by atoms with van der Waals surface area (Å²) in [5.41, 5.74) is 0.677. The van der Waals surface area contributed by atoms with Gasteiger partial charge in [0.15, 0.2) is 0 Å². The number of carbonyl (C=O) groups excluding carboxylic acids is 1. The first-order chi connectivity index (χ1) is 7.34. The average Bonchev–Trinajstić information content (AvgIpc) is 2.71. The van der Waals surface area contributed by atoms with Gasteiger partial charge in [0.1, 0.15) is 6.26 Å². The standard InChI is InChI=1S/C10H15N3O2.2ClH/c14-10(6-8-3-5-15-13-8)12-9-2-1-4-11-7-9;;/h3,5,9,11H,1-2,4,6-7H2,(H,12,14);2*1H/t9-;;/m0../s1. The molecule has 2 heterocycles. The van der Waals surface area contributed by atoms with Gasteiger partial charge in [-0.3, -0.25) is 4.79 Å². The van der Waals surface area contributed by atoms with Crippen molar-refractivity contribution in [2.45, 2.75) is 25.3 Å². The van der Waals surface area contributed by atoms with Gasteiger partial charge in [0, 0.05) is 18.7 Å². The molecule has 1 aliphatic rings. The van der Waals surface area contributed by atoms with E-state index in [1.807, 2.05) is 0 Å². The van der Waals surface area contributed by atoms with Crippen LogP contribution in [0, 0.1) is 0 Å². The molecule has 0 saturated carbocycles. The molecular weight excluding hydrogens is 265 g/mol. The smallest absolute Gasteiger partial charge is 0.226 e. The summed E-state index contributed by atoms with van der Waals surface area (Å²) in [6.45, 7) is 1.92. The normalized spacial score (nSPS) is 18.7. The zero-order valence-electron chi connectivity index (χ0n) is 9.35. The molecule has 2 N–H and O–H groups in total. The first-order valence-corrected chi connectivity index (χ1v) is 5.24. The molecule has 1 aliphatic heterocycles. The Balaban J connectivity index is 0.00000128. The quantitative estimate of drug-likeness (QED) is 0.865. The highest BCUT2D eigenvalue weighted by molar-refractivity contribution is 5.85. The summed E-state index contributed by atoms with van der Waals surface area (Å²) in [7, 11) is 0. The second kappa shape index (κ2) is 8.33. The first kappa shape index (κ1) is 16.2. The minimum Gasteiger partial charge on any atom is -0.364 e. The van der Waals surface area contributed by atoms with E-state index in [2.05, 4.69) is 20.3 Å². The summed E-state index contributed by atoms with van der Waals surface area (Å²) in [5.74, 6) is 0.0117. The van der Waals surface area contributed by atoms with E-state index < -0.39 is 0 Å². The Morgan fingerprint density at radius 1 is 1.59 bits per heavy atom. The molecule has 1 aromatic heterocycles. The molecule has 0 bridgehead atoms. The van der Waals surface area contributed by atoms with Crippen molar-refractivity contribution in [2.75, 3.05) is 13.1 Å². The van der Waals surface area contributed by atoms with Gasteiger partial charge >= 0.3 is 0 Å². The molecule has 5 nitrogen and oxygen atoms in total. The Kier molecular flexibility index (Phi) is 7.95. The third-order valence-corrected chi connectivity index (χ3v) is 2.49. The third kappa shape index (κ3) is 5.39. The number of halogens is 2. The molecule has 1 aromatic rings. The van der Waals surface area contributed by atoms with E-state index in [-0.39, 0.29) is 36.8 Å². The molecule has 0 radical (unpaired) electrons. The van der Waals surface area contributed by atoms with Crippen LogP contribution in [0.5, 0.6) is 0 Å². The largest absolute Gasteiger partial charge is 0.364 e. The zero-order chi connectivity index (χ0) is 10.5. The van der Waals surface area contributed by atoms with Crippen LogP contribution in [-0.4, -0.2) is 30.2 Å². The molecule has 7 heteroatoms. The number of nitrogens with one attached hydrogen (secondary N) is 2. The van der Waals surface area contributed by atoms with Crippen LogP contribution in [-0.2, 0) is 11.2 Å². The lowest BCUT2D eigenvalue weighted by Crippen LogP contribution is -2.46. The van der Waals surface area contributed by atoms with E-state index in [1.165, 1.54) is 6.26 Å². The van der Waals surface area contributed by atoms with E-state index in [0.717, 1.165) is 25.9 Å². The molecule has 1 saturated heterocycles. The Hall–Kier alpha value is -0.780. The predicted molar refractivity (Wildman–Crippen MR) is 68.7 cm³/mol. The Morgan fingerprint density at radius 3 is 3.00 bits per heavy atom. The summed E-state index contributed by atoms with van der Waals surface area (Å²) in [5, 5.41) is 9.92. The van der Waals surface area contributed by atoms with E-state index in [1.54, 1.807) is 6.07 Å². The van der Waals surface area contributed by atoms with Gasteiger partial charge in [-0.15, -0.1) is 24.8 Å². The fourth-order valence-corrected chi connectivity index (χ4v) is 1.75. The van der Waals surface area contributed by atoms with E-state index >= 15 is 0 Å². The van der Waals surface area contributed by atoms with Crippen LogP contribution in [0.4, 0.5) is 0 Å². The molecule has 0 aromatic carbocycles. The monoisotopic (exact) mass is 281 g/mol. The number of piperidine rings is 1. The van der Waals surface area contributed by atoms with E-state index in [4.69, 9.17) is 0 Å². The summed E-state index contributed by atoms with van der Waals surface area (Å²) >= 11 is 0. The maximum Gasteiger partial charge on any atom is 0.226 e. The highest BCUT2D eigenvalue weighted by Gasteiger charge is 2.15. The van der Waals surface area contributed by atoms with Crippen molar-refractivity contribution in [3.05, 3.63) is 18.0 Å². The van der Waals surface area contributed by atoms with Gasteiger partial charge in [0.2, 0.25) is 5.91 Å². The lowest BCUT2D eigenvalue weighted by molar-refractivity contribution is -0.121. The van der Waals surface area contributed by atoms with Crippen LogP contribution < -0.4 is 10.6 Å². The predicted octanol–water partition coefficient (Wildman–Crippen LogP) is 0.929. The highest BCUT2D eigenvalue weighted by atomic mass is 35.5. The van der Waals surface area contributed by atoms with Crippen molar-refractivity contribution in [1.29, 1.82) is 0 Å². The number of nitrogens with zero attached hydrogens (tertiary/aromatic N) is 1. The van der Waals surface area contributed by atoms with Crippen LogP contribution >= 0.6 is 24.8 Å². The van der Waals surface area contributed by atoms with Gasteiger partial charge in [0.05, 0.1) is 12.1 Å². The number of rotatable bonds is 3. The van der Waals surface area contributed by atoms with Gasteiger partial charge < -0.3 is 15.2 Å². The number of aromatic nitrogens is 1. The fourth-order valence-electron chi connectivity index (χ4n) is 1.75. The van der Waals surface area contributed by atoms with Gasteiger partial charge in [-0.1, -0.05) is 5.16 Å². The second-order valence-electron chi connectivity index (χ2n) is 3.78. The summed E-state index contributed by atoms with van der Waals surface area (Å²) in [4.78, 5) is 11.6. The molecule has 1 amide bonds. The molecule has 1 fully saturated rings. The molecule has 17 heavy (non-hydrogen) atoms. The fraction of sp³-hybridized carbons (Fsp3) is 0.600. The van der Waals surface area contributed by atoms with E-state index in [0.29, 0.717) is 12.1 Å². The van der Waals surface area contributed by atoms with Crippen molar-refractivity contribution in [1.82, 2.24) is 15.8 Å². The van der Waals surface area contributed by atoms with Crippen LogP contribution in [0.3, 0.4) is 0 Å². The number of hydrogen-bond donors (Lipinski definition) is 2. The van der Waals surface area contributed by atoms with Crippen molar-refractivity contribution in [3.8, 4) is 0 Å². The maximum absolute atomic E-state index is 11.6. The van der Waals surface area contributed by atoms with Crippen molar-refractivity contribution < 1.29 is 9.32 Å². The average molecular weight is 282 g/mol. The maximum atomic E-state index is 11.6. The number of amides is 1. The lowest BCUT2D eigenvalue weighted by Gasteiger charge is -2.23. The first-order valence-electron chi connectivity index (χ1n) is 5.24. The second-order valence-corrected chi connectivity index (χ2v) is 3.78. The SMILES string of the molecule is Cl.Cl.O=C(Cc1ccon1)N[C@H]1CCCNC1. The number of carbonyl (C=O) groups is 1. The molecular formula is C10H17Cl2N3O2. The summed E-state index contributed by atoms with van der Waals surface area (Å²) in [6, 6.07) is 1.97. The van der Waals surface area contributed by atoms with Crippen LogP contribution in [0.1, 0.15) is 18.5 Å². The van der Waals surface area contributed by atoms with Gasteiger partial charge in [-0.25, -0.2) is 0 Å². The van der Waals surface area contributed by atoms with Crippen LogP contribution in [0.2, 0.25) is 0 Å². The van der Waals surface area contributed by atoms with Gasteiger partial charge in [-0.2, -0.15) is 0 Å². The number of hydrogen-bond acceptors (Lipinski definition) is 4. The summed E-state index contributed by atoms with van der Waals surface area (Å²) in [6.07, 6.45) is 3.95. The Labute approximate surface area is 113 Å². The Bertz CT molecular complexity index is 313. The molecule has 1 atom stereocenters. The van der Waals surface area contributed by atoms with Crippen molar-refractivity contribution >= 4 is 30.7 Å². The zero-order valence-corrected chi connectivity index (χ0v) is 11.0. The van der Waals surface area contributed by atoms with Crippen LogP contribution in [0.15, 0.2) is 16.9 Å². The molecule has 0 spiro atoms. The minimum atomic E-state index is 0. The summed E-state index contributed by atoms with van der Waals surface area (Å²) < 4.78 is 4.66. The molecule has 0 unspecified atom stereocenters. The third-order valence-electron chi connectivity index (χ3n) is 2.49. The highest BCUT2D eigenvalue weighted by Crippen LogP contribution is 2.02. The Morgan fingerprint density at radius 2 is 2.41 bits per heavy atom. The minimum absolute atomic E-state index is 0.